The summed E-state index contributed by atoms with van der Waals surface area (Å²) in [5.74, 6) is 0.516. The molecule has 168 valence electrons. The van der Waals surface area contributed by atoms with Crippen molar-refractivity contribution in [2.24, 2.45) is 4.99 Å². The Hall–Kier alpha value is -2.97. The van der Waals surface area contributed by atoms with Crippen molar-refractivity contribution in [2.75, 3.05) is 7.11 Å². The summed E-state index contributed by atoms with van der Waals surface area (Å²) in [6, 6.07) is 14.8. The van der Waals surface area contributed by atoms with E-state index < -0.39 is 10.0 Å². The van der Waals surface area contributed by atoms with Crippen molar-refractivity contribution in [2.45, 2.75) is 50.5 Å². The van der Waals surface area contributed by atoms with E-state index in [0.717, 1.165) is 48.3 Å². The molecule has 1 N–H and O–H groups in total. The Morgan fingerprint density at radius 1 is 1.22 bits per heavy atom. The monoisotopic (exact) mass is 452 g/mol. The summed E-state index contributed by atoms with van der Waals surface area (Å²) in [4.78, 5) is 4.95. The van der Waals surface area contributed by atoms with Gasteiger partial charge in [-0.25, -0.2) is 22.8 Å². The highest BCUT2D eigenvalue weighted by Crippen LogP contribution is 2.32. The van der Waals surface area contributed by atoms with Crippen molar-refractivity contribution in [3.05, 3.63) is 66.0 Å². The molecule has 8 heteroatoms. The van der Waals surface area contributed by atoms with Crippen molar-refractivity contribution in [3.63, 3.8) is 0 Å². The van der Waals surface area contributed by atoms with Crippen LogP contribution in [-0.2, 0) is 16.4 Å². The minimum Gasteiger partial charge on any atom is -0.494 e. The Bertz CT molecular complexity index is 1230. The number of aliphatic imine (C=N–C) groups is 1. The van der Waals surface area contributed by atoms with Crippen molar-refractivity contribution in [1.29, 1.82) is 0 Å². The van der Waals surface area contributed by atoms with Crippen LogP contribution in [0.5, 0.6) is 5.75 Å². The van der Waals surface area contributed by atoms with Gasteiger partial charge in [-0.2, -0.15) is 5.10 Å². The second kappa shape index (κ2) is 9.26. The molecular weight excluding hydrogens is 424 g/mol. The first-order valence-electron chi connectivity index (χ1n) is 10.8. The van der Waals surface area contributed by atoms with Gasteiger partial charge in [-0.3, -0.25) is 0 Å². The van der Waals surface area contributed by atoms with Crippen LogP contribution in [0.3, 0.4) is 0 Å². The van der Waals surface area contributed by atoms with E-state index in [1.807, 2.05) is 48.1 Å². The molecule has 0 radical (unpaired) electrons. The first-order valence-corrected chi connectivity index (χ1v) is 12.3. The first-order chi connectivity index (χ1) is 15.4. The lowest BCUT2D eigenvalue weighted by atomic mass is 10.1. The van der Waals surface area contributed by atoms with E-state index in [1.54, 1.807) is 25.3 Å². The molecule has 1 aromatic heterocycles. The molecule has 0 atom stereocenters. The fourth-order valence-corrected chi connectivity index (χ4v) is 4.92. The molecule has 32 heavy (non-hydrogen) atoms. The molecule has 1 aliphatic rings. The van der Waals surface area contributed by atoms with Gasteiger partial charge in [0.05, 0.1) is 29.6 Å². The van der Waals surface area contributed by atoms with E-state index in [1.165, 1.54) is 0 Å². The Morgan fingerprint density at radius 3 is 2.62 bits per heavy atom. The van der Waals surface area contributed by atoms with Crippen LogP contribution in [0.15, 0.2) is 64.6 Å². The molecule has 1 heterocycles. The van der Waals surface area contributed by atoms with Gasteiger partial charge in [0.2, 0.25) is 10.0 Å². The maximum Gasteiger partial charge on any atom is 0.240 e. The fourth-order valence-electron chi connectivity index (χ4n) is 3.60. The zero-order chi connectivity index (χ0) is 22.7. The second-order valence-electron chi connectivity index (χ2n) is 7.93. The summed E-state index contributed by atoms with van der Waals surface area (Å²) in [5, 5.41) is 4.61. The Balaban J connectivity index is 1.74. The molecule has 0 unspecified atom stereocenters. The summed E-state index contributed by atoms with van der Waals surface area (Å²) in [5.41, 5.74) is 4.21. The van der Waals surface area contributed by atoms with E-state index in [2.05, 4.69) is 16.7 Å². The van der Waals surface area contributed by atoms with Crippen LogP contribution >= 0.6 is 0 Å². The summed E-state index contributed by atoms with van der Waals surface area (Å²) in [7, 11) is -2.03. The predicted molar refractivity (Wildman–Crippen MR) is 126 cm³/mol. The largest absolute Gasteiger partial charge is 0.494 e. The molecule has 7 nitrogen and oxygen atoms in total. The standard InChI is InChI=1S/C24H28N4O3S/c1-4-8-23-21(16-25-28(23)19-9-6-5-7-10-19)17(2)26-22-15-20(13-14-24(22)31-3)32(29,30)27-18-11-12-18/h5-7,9-10,13-16,18,27H,4,8,11-12H2,1-3H3. The van der Waals surface area contributed by atoms with Crippen LogP contribution in [0.25, 0.3) is 5.69 Å². The lowest BCUT2D eigenvalue weighted by Gasteiger charge is -2.11. The van der Waals surface area contributed by atoms with Crippen LogP contribution < -0.4 is 9.46 Å². The lowest BCUT2D eigenvalue weighted by molar-refractivity contribution is 0.416. The number of rotatable bonds is 9. The van der Waals surface area contributed by atoms with E-state index in [4.69, 9.17) is 9.73 Å². The maximum atomic E-state index is 12.7. The van der Waals surface area contributed by atoms with E-state index in [9.17, 15) is 8.42 Å². The van der Waals surface area contributed by atoms with Crippen LogP contribution in [0.2, 0.25) is 0 Å². The highest BCUT2D eigenvalue weighted by molar-refractivity contribution is 7.89. The van der Waals surface area contributed by atoms with Crippen LogP contribution in [0.4, 0.5) is 5.69 Å². The highest BCUT2D eigenvalue weighted by atomic mass is 32.2. The number of nitrogens with zero attached hydrogens (tertiary/aromatic N) is 3. The van der Waals surface area contributed by atoms with Crippen LogP contribution in [-0.4, -0.2) is 37.1 Å². The quantitative estimate of drug-likeness (QED) is 0.487. The average molecular weight is 453 g/mol. The van der Waals surface area contributed by atoms with Gasteiger partial charge < -0.3 is 4.74 Å². The number of aromatic nitrogens is 2. The third kappa shape index (κ3) is 4.76. The molecule has 3 aromatic rings. The molecule has 0 bridgehead atoms. The van der Waals surface area contributed by atoms with Gasteiger partial charge in [-0.1, -0.05) is 31.5 Å². The number of nitrogens with one attached hydrogen (secondary N) is 1. The summed E-state index contributed by atoms with van der Waals surface area (Å²) in [6.45, 7) is 4.04. The Kier molecular flexibility index (Phi) is 6.43. The molecule has 2 aromatic carbocycles. The number of ether oxygens (including phenoxy) is 1. The van der Waals surface area contributed by atoms with Crippen molar-refractivity contribution in [1.82, 2.24) is 14.5 Å². The number of hydrogen-bond acceptors (Lipinski definition) is 5. The minimum atomic E-state index is -3.58. The van der Waals surface area contributed by atoms with E-state index in [0.29, 0.717) is 11.4 Å². The minimum absolute atomic E-state index is 0.0382. The van der Waals surface area contributed by atoms with E-state index in [-0.39, 0.29) is 10.9 Å². The fraction of sp³-hybridized carbons (Fsp3) is 0.333. The van der Waals surface area contributed by atoms with Gasteiger partial charge >= 0.3 is 0 Å². The first kappa shape index (κ1) is 22.2. The maximum absolute atomic E-state index is 12.7. The smallest absolute Gasteiger partial charge is 0.240 e. The van der Waals surface area contributed by atoms with Gasteiger partial charge in [-0.05, 0) is 56.5 Å². The van der Waals surface area contributed by atoms with Crippen LogP contribution in [0, 0.1) is 0 Å². The second-order valence-corrected chi connectivity index (χ2v) is 9.64. The number of methoxy groups -OCH3 is 1. The van der Waals surface area contributed by atoms with Crippen molar-refractivity contribution >= 4 is 21.4 Å². The lowest BCUT2D eigenvalue weighted by Crippen LogP contribution is -2.25. The SMILES string of the molecule is CCCc1c(C(C)=Nc2cc(S(=O)(=O)NC3CC3)ccc2OC)cnn1-c1ccccc1. The van der Waals surface area contributed by atoms with Crippen molar-refractivity contribution in [3.8, 4) is 11.4 Å². The van der Waals surface area contributed by atoms with Gasteiger partial charge in [0.25, 0.3) is 0 Å². The predicted octanol–water partition coefficient (Wildman–Crippen LogP) is 4.41. The van der Waals surface area contributed by atoms with Gasteiger partial charge in [0.1, 0.15) is 11.4 Å². The zero-order valence-corrected chi connectivity index (χ0v) is 19.4. The van der Waals surface area contributed by atoms with Gasteiger partial charge in [0.15, 0.2) is 0 Å². The number of sulfonamides is 1. The molecule has 1 fully saturated rings. The molecule has 0 aliphatic heterocycles. The normalized spacial score (nSPS) is 14.5. The molecule has 1 aliphatic carbocycles. The molecule has 1 saturated carbocycles. The molecule has 0 saturated heterocycles. The third-order valence-electron chi connectivity index (χ3n) is 5.39. The summed E-state index contributed by atoms with van der Waals surface area (Å²) < 4.78 is 35.5. The topological polar surface area (TPSA) is 85.6 Å². The molecule has 4 rings (SSSR count). The molecular formula is C24H28N4O3S. The summed E-state index contributed by atoms with van der Waals surface area (Å²) in [6.07, 6.45) is 5.38. The highest BCUT2D eigenvalue weighted by Gasteiger charge is 2.28. The van der Waals surface area contributed by atoms with Gasteiger partial charge in [-0.15, -0.1) is 0 Å². The Labute approximate surface area is 189 Å². The third-order valence-corrected chi connectivity index (χ3v) is 6.91. The average Bonchev–Trinajstić information content (AvgIpc) is 3.49. The van der Waals surface area contributed by atoms with Gasteiger partial charge in [0, 0.05) is 17.3 Å². The zero-order valence-electron chi connectivity index (χ0n) is 18.6. The van der Waals surface area contributed by atoms with E-state index >= 15 is 0 Å². The molecule has 0 spiro atoms. The van der Waals surface area contributed by atoms with Crippen LogP contribution in [0.1, 0.15) is 44.4 Å². The number of benzene rings is 2. The van der Waals surface area contributed by atoms with Crippen molar-refractivity contribution < 1.29 is 13.2 Å². The number of hydrogen-bond donors (Lipinski definition) is 1. The Morgan fingerprint density at radius 2 is 1.97 bits per heavy atom. The molecule has 0 amide bonds. The number of para-hydroxylation sites is 1. The summed E-state index contributed by atoms with van der Waals surface area (Å²) >= 11 is 0.